The molecule has 0 radical (unpaired) electrons. The zero-order chi connectivity index (χ0) is 14.7. The first-order valence-electron chi connectivity index (χ1n) is 6.20. The van der Waals surface area contributed by atoms with Crippen LogP contribution in [0.15, 0.2) is 46.5 Å². The molecule has 3 aromatic rings. The summed E-state index contributed by atoms with van der Waals surface area (Å²) in [4.78, 5) is 12.1. The quantitative estimate of drug-likeness (QED) is 0.755. The number of thiophene rings is 1. The fourth-order valence-corrected chi connectivity index (χ4v) is 2.67. The second-order valence-electron chi connectivity index (χ2n) is 4.34. The van der Waals surface area contributed by atoms with E-state index in [9.17, 15) is 4.79 Å². The molecule has 0 unspecified atom stereocenters. The maximum Gasteiger partial charge on any atom is 0.249 e. The zero-order valence-corrected chi connectivity index (χ0v) is 11.8. The number of nitrogens with one attached hydrogen (secondary N) is 1. The standard InChI is InChI=1S/C14H12N4O2S/c15-13(19)10-5-12(21-7-10)6-16-11-3-1-2-9(4-11)14-18-17-8-20-14/h1-5,7-8,16H,6H2,(H2,15,19). The molecule has 0 saturated heterocycles. The SMILES string of the molecule is NC(=O)c1csc(CNc2cccc(-c3nnco3)c2)c1. The fourth-order valence-electron chi connectivity index (χ4n) is 1.85. The Morgan fingerprint density at radius 2 is 2.29 bits per heavy atom. The van der Waals surface area contributed by atoms with Crippen LogP contribution in [0.25, 0.3) is 11.5 Å². The Balaban J connectivity index is 1.70. The van der Waals surface area contributed by atoms with Gasteiger partial charge < -0.3 is 15.5 Å². The largest absolute Gasteiger partial charge is 0.423 e. The highest BCUT2D eigenvalue weighted by Gasteiger charge is 2.06. The van der Waals surface area contributed by atoms with E-state index in [2.05, 4.69) is 15.5 Å². The summed E-state index contributed by atoms with van der Waals surface area (Å²) in [6.45, 7) is 0.616. The van der Waals surface area contributed by atoms with Gasteiger partial charge in [0, 0.05) is 28.1 Å². The average molecular weight is 300 g/mol. The van der Waals surface area contributed by atoms with Crippen LogP contribution in [0.4, 0.5) is 5.69 Å². The molecule has 2 aromatic heterocycles. The summed E-state index contributed by atoms with van der Waals surface area (Å²) in [5, 5.41) is 12.6. The van der Waals surface area contributed by atoms with E-state index in [1.54, 1.807) is 11.4 Å². The van der Waals surface area contributed by atoms with Crippen molar-refractivity contribution in [1.82, 2.24) is 10.2 Å². The lowest BCUT2D eigenvalue weighted by atomic mass is 10.2. The van der Waals surface area contributed by atoms with Crippen molar-refractivity contribution in [3.63, 3.8) is 0 Å². The molecule has 0 bridgehead atoms. The summed E-state index contributed by atoms with van der Waals surface area (Å²) in [5.74, 6) is 0.0710. The molecule has 0 aliphatic heterocycles. The van der Waals surface area contributed by atoms with Crippen LogP contribution in [0.5, 0.6) is 0 Å². The van der Waals surface area contributed by atoms with Crippen molar-refractivity contribution in [2.75, 3.05) is 5.32 Å². The van der Waals surface area contributed by atoms with Crippen LogP contribution >= 0.6 is 11.3 Å². The molecular weight excluding hydrogens is 288 g/mol. The number of nitrogens with zero attached hydrogens (tertiary/aromatic N) is 2. The maximum atomic E-state index is 11.0. The lowest BCUT2D eigenvalue weighted by Gasteiger charge is -2.05. The lowest BCUT2D eigenvalue weighted by molar-refractivity contribution is 0.100. The molecule has 21 heavy (non-hydrogen) atoms. The molecule has 6 nitrogen and oxygen atoms in total. The number of aromatic nitrogens is 2. The second kappa shape index (κ2) is 5.76. The first kappa shape index (κ1) is 13.3. The van der Waals surface area contributed by atoms with E-state index >= 15 is 0 Å². The number of anilines is 1. The molecule has 0 fully saturated rings. The number of carbonyl (C=O) groups excluding carboxylic acids is 1. The summed E-state index contributed by atoms with van der Waals surface area (Å²) in [7, 11) is 0. The van der Waals surface area contributed by atoms with E-state index in [-0.39, 0.29) is 0 Å². The van der Waals surface area contributed by atoms with Crippen LogP contribution in [0.1, 0.15) is 15.2 Å². The molecule has 0 atom stereocenters. The minimum atomic E-state index is -0.407. The number of nitrogens with two attached hydrogens (primary N) is 1. The van der Waals surface area contributed by atoms with E-state index in [1.807, 2.05) is 24.3 Å². The number of primary amides is 1. The molecule has 1 amide bonds. The normalized spacial score (nSPS) is 10.5. The van der Waals surface area contributed by atoms with Gasteiger partial charge in [-0.2, -0.15) is 0 Å². The van der Waals surface area contributed by atoms with Crippen LogP contribution in [0.3, 0.4) is 0 Å². The van der Waals surface area contributed by atoms with Crippen molar-refractivity contribution in [1.29, 1.82) is 0 Å². The molecule has 0 spiro atoms. The predicted molar refractivity (Wildman–Crippen MR) is 79.9 cm³/mol. The van der Waals surface area contributed by atoms with E-state index in [4.69, 9.17) is 10.2 Å². The second-order valence-corrected chi connectivity index (χ2v) is 5.34. The van der Waals surface area contributed by atoms with Gasteiger partial charge in [0.2, 0.25) is 18.2 Å². The van der Waals surface area contributed by atoms with Gasteiger partial charge >= 0.3 is 0 Å². The average Bonchev–Trinajstić information content (AvgIpc) is 3.17. The van der Waals surface area contributed by atoms with Crippen LogP contribution < -0.4 is 11.1 Å². The Kier molecular flexibility index (Phi) is 3.65. The van der Waals surface area contributed by atoms with Crippen LogP contribution in [-0.2, 0) is 6.54 Å². The number of carbonyl (C=O) groups is 1. The van der Waals surface area contributed by atoms with Gasteiger partial charge in [-0.3, -0.25) is 4.79 Å². The zero-order valence-electron chi connectivity index (χ0n) is 10.9. The first-order valence-corrected chi connectivity index (χ1v) is 7.08. The van der Waals surface area contributed by atoms with E-state index in [1.165, 1.54) is 17.7 Å². The van der Waals surface area contributed by atoms with Crippen molar-refractivity contribution in [3.8, 4) is 11.5 Å². The minimum Gasteiger partial charge on any atom is -0.423 e. The van der Waals surface area contributed by atoms with Crippen LogP contribution in [0, 0.1) is 0 Å². The third kappa shape index (κ3) is 3.09. The van der Waals surface area contributed by atoms with Gasteiger partial charge in [0.1, 0.15) is 0 Å². The van der Waals surface area contributed by atoms with Crippen molar-refractivity contribution < 1.29 is 9.21 Å². The number of benzene rings is 1. The third-order valence-electron chi connectivity index (χ3n) is 2.87. The Morgan fingerprint density at radius 1 is 1.38 bits per heavy atom. The molecule has 0 aliphatic carbocycles. The van der Waals surface area contributed by atoms with Gasteiger partial charge in [0.15, 0.2) is 0 Å². The third-order valence-corrected chi connectivity index (χ3v) is 3.81. The van der Waals surface area contributed by atoms with Crippen LogP contribution in [0.2, 0.25) is 0 Å². The smallest absolute Gasteiger partial charge is 0.249 e. The highest BCUT2D eigenvalue weighted by molar-refractivity contribution is 7.10. The molecule has 3 rings (SSSR count). The molecule has 106 valence electrons. The van der Waals surface area contributed by atoms with Gasteiger partial charge in [-0.15, -0.1) is 21.5 Å². The Labute approximate surface area is 124 Å². The summed E-state index contributed by atoms with van der Waals surface area (Å²) in [6, 6.07) is 9.47. The monoisotopic (exact) mass is 300 g/mol. The van der Waals surface area contributed by atoms with Crippen LogP contribution in [-0.4, -0.2) is 16.1 Å². The molecule has 7 heteroatoms. The Morgan fingerprint density at radius 3 is 3.00 bits per heavy atom. The van der Waals surface area contributed by atoms with Gasteiger partial charge in [-0.25, -0.2) is 0 Å². The van der Waals surface area contributed by atoms with E-state index < -0.39 is 5.91 Å². The topological polar surface area (TPSA) is 94.0 Å². The van der Waals surface area contributed by atoms with E-state index in [0.29, 0.717) is 18.0 Å². The summed E-state index contributed by atoms with van der Waals surface area (Å²) < 4.78 is 5.17. The van der Waals surface area contributed by atoms with Gasteiger partial charge in [-0.05, 0) is 24.3 Å². The molecular formula is C14H12N4O2S. The highest BCUT2D eigenvalue weighted by atomic mass is 32.1. The minimum absolute atomic E-state index is 0.407. The molecule has 3 N–H and O–H groups in total. The van der Waals surface area contributed by atoms with Gasteiger partial charge in [-0.1, -0.05) is 6.07 Å². The highest BCUT2D eigenvalue weighted by Crippen LogP contribution is 2.21. The number of rotatable bonds is 5. The Hall–Kier alpha value is -2.67. The van der Waals surface area contributed by atoms with Gasteiger partial charge in [0.25, 0.3) is 0 Å². The van der Waals surface area contributed by atoms with Crippen molar-refractivity contribution >= 4 is 22.9 Å². The van der Waals surface area contributed by atoms with Gasteiger partial charge in [0.05, 0.1) is 5.56 Å². The fraction of sp³-hybridized carbons (Fsp3) is 0.0714. The molecule has 0 aliphatic rings. The Bertz CT molecular complexity index is 752. The number of hydrogen-bond acceptors (Lipinski definition) is 6. The molecule has 0 saturated carbocycles. The van der Waals surface area contributed by atoms with Crippen molar-refractivity contribution in [2.45, 2.75) is 6.54 Å². The summed E-state index contributed by atoms with van der Waals surface area (Å²) in [5.41, 5.74) is 7.55. The van der Waals surface area contributed by atoms with E-state index in [0.717, 1.165) is 16.1 Å². The first-order chi connectivity index (χ1) is 10.2. The predicted octanol–water partition coefficient (Wildman–Crippen LogP) is 2.51. The van der Waals surface area contributed by atoms with Crippen molar-refractivity contribution in [2.24, 2.45) is 5.73 Å². The summed E-state index contributed by atoms with van der Waals surface area (Å²) >= 11 is 1.49. The summed E-state index contributed by atoms with van der Waals surface area (Å²) in [6.07, 6.45) is 1.30. The lowest BCUT2D eigenvalue weighted by Crippen LogP contribution is -2.09. The molecule has 1 aromatic carbocycles. The van der Waals surface area contributed by atoms with Crippen molar-refractivity contribution in [3.05, 3.63) is 52.5 Å². The number of hydrogen-bond donors (Lipinski definition) is 2. The number of amides is 1. The molecule has 2 heterocycles. The maximum absolute atomic E-state index is 11.0.